The zero-order valence-electron chi connectivity index (χ0n) is 11.2. The molecule has 2 aromatic rings. The molecule has 1 atom stereocenters. The highest BCUT2D eigenvalue weighted by Gasteiger charge is 2.09. The molecule has 96 valence electrons. The first-order valence-corrected chi connectivity index (χ1v) is 6.36. The van der Waals surface area contributed by atoms with E-state index in [2.05, 4.69) is 41.5 Å². The molecule has 1 heterocycles. The Kier molecular flexibility index (Phi) is 4.15. The van der Waals surface area contributed by atoms with Crippen molar-refractivity contribution >= 4 is 0 Å². The van der Waals surface area contributed by atoms with Crippen LogP contribution in [0.2, 0.25) is 0 Å². The van der Waals surface area contributed by atoms with Gasteiger partial charge in [-0.25, -0.2) is 4.98 Å². The summed E-state index contributed by atoms with van der Waals surface area (Å²) in [7, 11) is 1.90. The predicted octanol–water partition coefficient (Wildman–Crippen LogP) is 3.05. The lowest BCUT2D eigenvalue weighted by Crippen LogP contribution is -2.12. The third kappa shape index (κ3) is 3.20. The van der Waals surface area contributed by atoms with Crippen LogP contribution >= 0.6 is 0 Å². The number of oxazole rings is 1. The molecular weight excluding hydrogens is 224 g/mol. The molecule has 0 spiro atoms. The highest BCUT2D eigenvalue weighted by molar-refractivity contribution is 5.21. The van der Waals surface area contributed by atoms with Gasteiger partial charge >= 0.3 is 0 Å². The molecule has 1 unspecified atom stereocenters. The van der Waals surface area contributed by atoms with Crippen molar-refractivity contribution in [2.45, 2.75) is 32.7 Å². The molecule has 0 aliphatic rings. The molecular formula is C15H20N2O. The second-order valence-electron chi connectivity index (χ2n) is 4.66. The number of nitrogens with zero attached hydrogens (tertiary/aromatic N) is 1. The molecule has 0 aliphatic heterocycles. The van der Waals surface area contributed by atoms with Crippen molar-refractivity contribution in [2.24, 2.45) is 0 Å². The molecule has 3 heteroatoms. The van der Waals surface area contributed by atoms with E-state index in [-0.39, 0.29) is 6.04 Å². The first-order valence-electron chi connectivity index (χ1n) is 6.36. The Hall–Kier alpha value is -1.61. The maximum Gasteiger partial charge on any atom is 0.211 e. The highest BCUT2D eigenvalue weighted by atomic mass is 16.4. The largest absolute Gasteiger partial charge is 0.444 e. The highest BCUT2D eigenvalue weighted by Crippen LogP contribution is 2.14. The van der Waals surface area contributed by atoms with Crippen molar-refractivity contribution < 1.29 is 4.42 Å². The van der Waals surface area contributed by atoms with Gasteiger partial charge in [0.2, 0.25) is 5.89 Å². The Morgan fingerprint density at radius 1 is 1.22 bits per heavy atom. The summed E-state index contributed by atoms with van der Waals surface area (Å²) in [5, 5.41) is 3.12. The van der Waals surface area contributed by atoms with Crippen LogP contribution in [0.15, 0.2) is 34.9 Å². The fraction of sp³-hybridized carbons (Fsp3) is 0.400. The zero-order chi connectivity index (χ0) is 13.0. The van der Waals surface area contributed by atoms with Gasteiger partial charge in [0.25, 0.3) is 0 Å². The van der Waals surface area contributed by atoms with Crippen molar-refractivity contribution in [3.63, 3.8) is 0 Å². The van der Waals surface area contributed by atoms with E-state index in [4.69, 9.17) is 4.42 Å². The summed E-state index contributed by atoms with van der Waals surface area (Å²) in [6, 6.07) is 8.79. The summed E-state index contributed by atoms with van der Waals surface area (Å²) in [6.07, 6.45) is 3.71. The lowest BCUT2D eigenvalue weighted by Gasteiger charge is -2.04. The third-order valence-electron chi connectivity index (χ3n) is 3.16. The number of nitrogens with one attached hydrogen (secondary N) is 1. The van der Waals surface area contributed by atoms with Gasteiger partial charge in [0.15, 0.2) is 0 Å². The van der Waals surface area contributed by atoms with Gasteiger partial charge in [0.05, 0.1) is 12.2 Å². The Bertz CT molecular complexity index is 487. The Labute approximate surface area is 108 Å². The first kappa shape index (κ1) is 12.8. The van der Waals surface area contributed by atoms with Crippen LogP contribution in [0.3, 0.4) is 0 Å². The van der Waals surface area contributed by atoms with E-state index in [1.165, 1.54) is 11.1 Å². The molecule has 0 bridgehead atoms. The van der Waals surface area contributed by atoms with Crippen molar-refractivity contribution in [3.8, 4) is 0 Å². The van der Waals surface area contributed by atoms with E-state index in [0.717, 1.165) is 24.5 Å². The van der Waals surface area contributed by atoms with Crippen molar-refractivity contribution in [3.05, 3.63) is 53.2 Å². The van der Waals surface area contributed by atoms with E-state index < -0.39 is 0 Å². The van der Waals surface area contributed by atoms with Gasteiger partial charge in [-0.3, -0.25) is 0 Å². The van der Waals surface area contributed by atoms with Crippen LogP contribution in [-0.2, 0) is 12.8 Å². The van der Waals surface area contributed by atoms with Crippen LogP contribution in [0.25, 0.3) is 0 Å². The van der Waals surface area contributed by atoms with Gasteiger partial charge in [-0.1, -0.05) is 29.8 Å². The van der Waals surface area contributed by atoms with E-state index in [9.17, 15) is 0 Å². The van der Waals surface area contributed by atoms with E-state index in [1.807, 2.05) is 20.2 Å². The van der Waals surface area contributed by atoms with Crippen LogP contribution in [0, 0.1) is 6.92 Å². The topological polar surface area (TPSA) is 38.1 Å². The molecule has 0 fully saturated rings. The maximum absolute atomic E-state index is 5.71. The molecule has 18 heavy (non-hydrogen) atoms. The average Bonchev–Trinajstić information content (AvgIpc) is 2.86. The van der Waals surface area contributed by atoms with E-state index >= 15 is 0 Å². The first-order chi connectivity index (χ1) is 8.69. The molecule has 3 nitrogen and oxygen atoms in total. The minimum absolute atomic E-state index is 0.165. The number of aryl methyl sites for hydroxylation is 3. The average molecular weight is 244 g/mol. The van der Waals surface area contributed by atoms with Crippen molar-refractivity contribution in [1.29, 1.82) is 0 Å². The minimum atomic E-state index is 0.165. The standard InChI is InChI=1S/C15H20N2O/c1-11-4-6-13(7-5-11)8-9-14-10-17-15(18-14)12(2)16-3/h4-7,10,12,16H,8-9H2,1-3H3. The molecule has 1 aromatic heterocycles. The summed E-state index contributed by atoms with van der Waals surface area (Å²) in [4.78, 5) is 4.28. The van der Waals surface area contributed by atoms with Crippen LogP contribution in [-0.4, -0.2) is 12.0 Å². The monoisotopic (exact) mass is 244 g/mol. The van der Waals surface area contributed by atoms with Crippen LogP contribution in [0.4, 0.5) is 0 Å². The van der Waals surface area contributed by atoms with Crippen molar-refractivity contribution in [1.82, 2.24) is 10.3 Å². The molecule has 0 radical (unpaired) electrons. The number of hydrogen-bond donors (Lipinski definition) is 1. The second-order valence-corrected chi connectivity index (χ2v) is 4.66. The molecule has 1 aromatic carbocycles. The second kappa shape index (κ2) is 5.83. The minimum Gasteiger partial charge on any atom is -0.444 e. The SMILES string of the molecule is CNC(C)c1ncc(CCc2ccc(C)cc2)o1. The Morgan fingerprint density at radius 2 is 1.94 bits per heavy atom. The smallest absolute Gasteiger partial charge is 0.211 e. The molecule has 0 amide bonds. The van der Waals surface area contributed by atoms with Crippen molar-refractivity contribution in [2.75, 3.05) is 7.05 Å². The number of hydrogen-bond acceptors (Lipinski definition) is 3. The molecule has 0 saturated carbocycles. The van der Waals surface area contributed by atoms with Crippen LogP contribution in [0.1, 0.15) is 35.7 Å². The van der Waals surface area contributed by atoms with Crippen LogP contribution < -0.4 is 5.32 Å². The lowest BCUT2D eigenvalue weighted by atomic mass is 10.1. The Morgan fingerprint density at radius 3 is 2.61 bits per heavy atom. The fourth-order valence-electron chi connectivity index (χ4n) is 1.78. The normalized spacial score (nSPS) is 12.6. The zero-order valence-corrected chi connectivity index (χ0v) is 11.2. The molecule has 0 saturated heterocycles. The Balaban J connectivity index is 1.94. The summed E-state index contributed by atoms with van der Waals surface area (Å²) >= 11 is 0. The summed E-state index contributed by atoms with van der Waals surface area (Å²) < 4.78 is 5.71. The number of aromatic nitrogens is 1. The number of rotatable bonds is 5. The van der Waals surface area contributed by atoms with Gasteiger partial charge in [-0.15, -0.1) is 0 Å². The van der Waals surface area contributed by atoms with Gasteiger partial charge in [-0.05, 0) is 32.9 Å². The third-order valence-corrected chi connectivity index (χ3v) is 3.16. The fourth-order valence-corrected chi connectivity index (χ4v) is 1.78. The maximum atomic E-state index is 5.71. The van der Waals surface area contributed by atoms with Gasteiger partial charge in [0.1, 0.15) is 5.76 Å². The quantitative estimate of drug-likeness (QED) is 0.878. The lowest BCUT2D eigenvalue weighted by molar-refractivity contribution is 0.407. The van der Waals surface area contributed by atoms with E-state index in [0.29, 0.717) is 0 Å². The molecule has 2 rings (SSSR count). The predicted molar refractivity (Wildman–Crippen MR) is 72.6 cm³/mol. The summed E-state index contributed by atoms with van der Waals surface area (Å²) in [5.41, 5.74) is 2.63. The number of benzene rings is 1. The summed E-state index contributed by atoms with van der Waals surface area (Å²) in [5.74, 6) is 1.71. The molecule has 0 aliphatic carbocycles. The van der Waals surface area contributed by atoms with Gasteiger partial charge < -0.3 is 9.73 Å². The summed E-state index contributed by atoms with van der Waals surface area (Å²) in [6.45, 7) is 4.14. The molecule has 1 N–H and O–H groups in total. The van der Waals surface area contributed by atoms with E-state index in [1.54, 1.807) is 0 Å². The van der Waals surface area contributed by atoms with Crippen LogP contribution in [0.5, 0.6) is 0 Å². The van der Waals surface area contributed by atoms with Gasteiger partial charge in [0, 0.05) is 6.42 Å². The van der Waals surface area contributed by atoms with Gasteiger partial charge in [-0.2, -0.15) is 0 Å².